The number of aliphatic carboxylic acids is 1. The van der Waals surface area contributed by atoms with Gasteiger partial charge in [0, 0.05) is 40.5 Å². The summed E-state index contributed by atoms with van der Waals surface area (Å²) in [6.07, 6.45) is 6.38. The Morgan fingerprint density at radius 1 is 1.08 bits per heavy atom. The van der Waals surface area contributed by atoms with Crippen LogP contribution in [0.1, 0.15) is 36.8 Å². The third-order valence-electron chi connectivity index (χ3n) is 8.14. The number of aromatic amines is 1. The number of H-pyrrole nitrogens is 1. The lowest BCUT2D eigenvalue weighted by molar-refractivity contribution is -0.149. The molecule has 0 saturated heterocycles. The summed E-state index contributed by atoms with van der Waals surface area (Å²) in [5, 5.41) is 17.0. The average Bonchev–Trinajstić information content (AvgIpc) is 3.33. The molecule has 3 aliphatic carbocycles. The Morgan fingerprint density at radius 3 is 2.55 bits per heavy atom. The number of aromatic nitrogens is 1. The van der Waals surface area contributed by atoms with E-state index in [1.54, 1.807) is 12.1 Å². The van der Waals surface area contributed by atoms with E-state index in [1.165, 1.54) is 31.5 Å². The summed E-state index contributed by atoms with van der Waals surface area (Å²) >= 11 is 0. The van der Waals surface area contributed by atoms with E-state index < -0.39 is 35.5 Å². The van der Waals surface area contributed by atoms with Crippen LogP contribution in [0.4, 0.5) is 13.2 Å². The van der Waals surface area contributed by atoms with Gasteiger partial charge in [-0.15, -0.1) is 0 Å². The number of carboxylic acid groups (broad SMARTS) is 1. The quantitative estimate of drug-likeness (QED) is 0.372. The molecule has 10 heteroatoms. The van der Waals surface area contributed by atoms with Crippen molar-refractivity contribution in [2.75, 3.05) is 7.11 Å². The van der Waals surface area contributed by atoms with E-state index in [1.807, 2.05) is 0 Å². The monoisotopic (exact) mass is 524 g/mol. The van der Waals surface area contributed by atoms with Crippen LogP contribution in [0.25, 0.3) is 16.6 Å². The zero-order chi connectivity index (χ0) is 26.6. The molecule has 2 heterocycles. The van der Waals surface area contributed by atoms with Gasteiger partial charge >= 0.3 is 5.97 Å². The van der Waals surface area contributed by atoms with Crippen LogP contribution in [0.3, 0.4) is 0 Å². The van der Waals surface area contributed by atoms with Gasteiger partial charge in [-0.25, -0.2) is 18.2 Å². The van der Waals surface area contributed by atoms with Crippen molar-refractivity contribution < 1.29 is 27.8 Å². The van der Waals surface area contributed by atoms with Crippen LogP contribution in [0, 0.1) is 35.2 Å². The van der Waals surface area contributed by atoms with E-state index in [0.717, 1.165) is 31.7 Å². The molecular weight excluding hydrogens is 497 g/mol. The Balaban J connectivity index is 1.41. The number of benzene rings is 2. The number of hydrogen-bond donors (Lipinski definition) is 4. The molecule has 4 aliphatic rings. The first-order valence-corrected chi connectivity index (χ1v) is 12.7. The molecule has 3 fully saturated rings. The molecule has 4 N–H and O–H groups in total. The molecule has 0 radical (unpaired) electrons. The number of halogens is 3. The molecule has 3 saturated carbocycles. The molecule has 3 aromatic rings. The van der Waals surface area contributed by atoms with Crippen LogP contribution in [0.2, 0.25) is 0 Å². The molecule has 38 heavy (non-hydrogen) atoms. The van der Waals surface area contributed by atoms with E-state index in [-0.39, 0.29) is 29.1 Å². The first kappa shape index (κ1) is 24.5. The average molecular weight is 525 g/mol. The van der Waals surface area contributed by atoms with Crippen molar-refractivity contribution in [1.82, 2.24) is 15.6 Å². The number of methoxy groups -OCH3 is 1. The van der Waals surface area contributed by atoms with E-state index in [0.29, 0.717) is 28.0 Å². The summed E-state index contributed by atoms with van der Waals surface area (Å²) in [5.74, 6) is -2.61. The molecule has 1 aliphatic heterocycles. The summed E-state index contributed by atoms with van der Waals surface area (Å²) < 4.78 is 48.2. The Morgan fingerprint density at radius 2 is 1.84 bits per heavy atom. The van der Waals surface area contributed by atoms with Gasteiger partial charge in [-0.2, -0.15) is 0 Å². The van der Waals surface area contributed by atoms with Crippen molar-refractivity contribution in [3.8, 4) is 5.75 Å². The van der Waals surface area contributed by atoms with Crippen LogP contribution in [-0.4, -0.2) is 41.2 Å². The predicted molar refractivity (Wildman–Crippen MR) is 136 cm³/mol. The summed E-state index contributed by atoms with van der Waals surface area (Å²) in [6.45, 7) is 0. The highest BCUT2D eigenvalue weighted by molar-refractivity contribution is 6.13. The van der Waals surface area contributed by atoms with Gasteiger partial charge in [0.1, 0.15) is 23.6 Å². The number of fused-ring (bicyclic) bond motifs is 4. The largest absolute Gasteiger partial charge is 0.494 e. The maximum absolute atomic E-state index is 14.6. The van der Waals surface area contributed by atoms with Crippen LogP contribution >= 0.6 is 0 Å². The molecule has 0 spiro atoms. The fraction of sp³-hybridized carbons (Fsp3) is 0.357. The zero-order valence-corrected chi connectivity index (χ0v) is 20.6. The van der Waals surface area contributed by atoms with Crippen molar-refractivity contribution in [2.24, 2.45) is 22.7 Å². The summed E-state index contributed by atoms with van der Waals surface area (Å²) in [6, 6.07) is 6.28. The standard InChI is InChI=1S/C28H27F3N4O3/c1-38-22-7-6-15(8-19(22)30)21-11-23(34-25-14-4-2-13(3-5-14)24(25)28(36)37)35-27(33-21)18-12-32-26-17(18)9-16(29)10-20(26)31/h6-14,23-25,32,34H,2-5H2,1H3,(H,33,35)(H,36,37). The molecule has 7 rings (SSSR count). The van der Waals surface area contributed by atoms with Crippen molar-refractivity contribution in [3.05, 3.63) is 71.2 Å². The Kier molecular flexibility index (Phi) is 6.14. The van der Waals surface area contributed by atoms with Gasteiger partial charge in [-0.3, -0.25) is 10.1 Å². The van der Waals surface area contributed by atoms with Crippen LogP contribution in [0.15, 0.2) is 47.6 Å². The number of carbonyl (C=O) groups is 1. The Bertz CT molecular complexity index is 1480. The maximum atomic E-state index is 14.6. The minimum Gasteiger partial charge on any atom is -0.494 e. The minimum atomic E-state index is -0.820. The lowest BCUT2D eigenvalue weighted by atomic mass is 9.61. The van der Waals surface area contributed by atoms with E-state index >= 15 is 0 Å². The second-order valence-electron chi connectivity index (χ2n) is 10.2. The Hall–Kier alpha value is -3.79. The fourth-order valence-corrected chi connectivity index (χ4v) is 6.35. The van der Waals surface area contributed by atoms with Gasteiger partial charge in [-0.05, 0) is 67.9 Å². The third kappa shape index (κ3) is 4.22. The van der Waals surface area contributed by atoms with Crippen molar-refractivity contribution in [1.29, 1.82) is 0 Å². The topological polar surface area (TPSA) is 98.7 Å². The van der Waals surface area contributed by atoms with Gasteiger partial charge in [0.15, 0.2) is 11.6 Å². The van der Waals surface area contributed by atoms with Crippen LogP contribution in [0.5, 0.6) is 5.75 Å². The summed E-state index contributed by atoms with van der Waals surface area (Å²) in [4.78, 5) is 19.8. The molecule has 198 valence electrons. The molecule has 3 unspecified atom stereocenters. The van der Waals surface area contributed by atoms with Gasteiger partial charge in [0.2, 0.25) is 0 Å². The first-order valence-electron chi connectivity index (χ1n) is 12.7. The molecule has 3 atom stereocenters. The van der Waals surface area contributed by atoms with Gasteiger partial charge < -0.3 is 20.1 Å². The van der Waals surface area contributed by atoms with Crippen molar-refractivity contribution in [2.45, 2.75) is 37.9 Å². The van der Waals surface area contributed by atoms with Gasteiger partial charge in [-0.1, -0.05) is 0 Å². The van der Waals surface area contributed by atoms with Crippen molar-refractivity contribution in [3.63, 3.8) is 0 Å². The van der Waals surface area contributed by atoms with Gasteiger partial charge in [0.05, 0.1) is 18.5 Å². The predicted octanol–water partition coefficient (Wildman–Crippen LogP) is 4.79. The minimum absolute atomic E-state index is 0.0961. The second-order valence-corrected chi connectivity index (χ2v) is 10.2. The number of aliphatic imine (C=N–C) groups is 1. The fourth-order valence-electron chi connectivity index (χ4n) is 6.35. The number of ether oxygens (including phenoxy) is 1. The molecule has 7 nitrogen and oxygen atoms in total. The van der Waals surface area contributed by atoms with E-state index in [9.17, 15) is 23.1 Å². The number of rotatable bonds is 6. The third-order valence-corrected chi connectivity index (χ3v) is 8.14. The smallest absolute Gasteiger partial charge is 0.308 e. The maximum Gasteiger partial charge on any atom is 0.308 e. The van der Waals surface area contributed by atoms with Crippen LogP contribution in [-0.2, 0) is 4.79 Å². The van der Waals surface area contributed by atoms with E-state index in [4.69, 9.17) is 9.73 Å². The van der Waals surface area contributed by atoms with Crippen LogP contribution < -0.4 is 15.4 Å². The number of carboxylic acids is 1. The molecular formula is C28H27F3N4O3. The molecule has 0 amide bonds. The summed E-state index contributed by atoms with van der Waals surface area (Å²) in [7, 11) is 1.38. The zero-order valence-electron chi connectivity index (χ0n) is 20.6. The Labute approximate surface area is 216 Å². The summed E-state index contributed by atoms with van der Waals surface area (Å²) in [5.41, 5.74) is 1.61. The first-order chi connectivity index (χ1) is 18.3. The number of amidine groups is 1. The highest BCUT2D eigenvalue weighted by Crippen LogP contribution is 2.45. The highest BCUT2D eigenvalue weighted by atomic mass is 19.1. The lowest BCUT2D eigenvalue weighted by Crippen LogP contribution is -2.57. The second kappa shape index (κ2) is 9.50. The van der Waals surface area contributed by atoms with E-state index in [2.05, 4.69) is 15.6 Å². The normalized spacial score (nSPS) is 26.6. The van der Waals surface area contributed by atoms with Crippen molar-refractivity contribution >= 4 is 28.4 Å². The SMILES string of the molecule is COc1ccc(C2=CC(NC3C4CCC(CC4)C3C(=O)O)N=C(c3c[nH]c4c(F)cc(F)cc34)N2)cc1F. The number of hydrogen-bond acceptors (Lipinski definition) is 5. The number of nitrogens with one attached hydrogen (secondary N) is 3. The molecule has 1 aromatic heterocycles. The van der Waals surface area contributed by atoms with Gasteiger partial charge in [0.25, 0.3) is 0 Å². The highest BCUT2D eigenvalue weighted by Gasteiger charge is 2.47. The lowest BCUT2D eigenvalue weighted by Gasteiger charge is -2.47. The molecule has 2 bridgehead atoms. The number of nitrogens with zero attached hydrogens (tertiary/aromatic N) is 1. The molecule has 2 aromatic carbocycles.